The van der Waals surface area contributed by atoms with Gasteiger partial charge < -0.3 is 9.84 Å². The largest absolute Gasteiger partial charge is 0.481 e. The second kappa shape index (κ2) is 6.13. The van der Waals surface area contributed by atoms with E-state index in [0.717, 1.165) is 22.8 Å². The first-order chi connectivity index (χ1) is 8.80. The van der Waals surface area contributed by atoms with Crippen molar-refractivity contribution in [3.8, 4) is 0 Å². The first kappa shape index (κ1) is 15.6. The number of aliphatic carboxylic acids is 1. The van der Waals surface area contributed by atoms with Crippen LogP contribution in [0.2, 0.25) is 0 Å². The average molecular weight is 307 g/mol. The van der Waals surface area contributed by atoms with Crippen molar-refractivity contribution in [3.05, 3.63) is 16.3 Å². The van der Waals surface area contributed by atoms with Gasteiger partial charge in [0.2, 0.25) is 10.0 Å². The van der Waals surface area contributed by atoms with Crippen molar-refractivity contribution >= 4 is 33.3 Å². The van der Waals surface area contributed by atoms with E-state index in [1.165, 1.54) is 18.5 Å². The lowest BCUT2D eigenvalue weighted by atomic mass is 10.4. The van der Waals surface area contributed by atoms with Crippen LogP contribution in [0.3, 0.4) is 0 Å². The Balaban J connectivity index is 3.04. The summed E-state index contributed by atoms with van der Waals surface area (Å²) in [5.74, 6) is -1.83. The number of thiophene rings is 1. The molecule has 9 heteroatoms. The highest BCUT2D eigenvalue weighted by Gasteiger charge is 2.28. The predicted octanol–water partition coefficient (Wildman–Crippen LogP) is 0.630. The number of carboxylic acid groups (broad SMARTS) is 1. The highest BCUT2D eigenvalue weighted by Crippen LogP contribution is 2.25. The summed E-state index contributed by atoms with van der Waals surface area (Å²) in [7, 11) is -1.48. The molecule has 0 amide bonds. The Bertz CT molecular complexity index is 577. The molecule has 0 bridgehead atoms. The van der Waals surface area contributed by atoms with E-state index in [9.17, 15) is 18.0 Å². The van der Waals surface area contributed by atoms with E-state index in [0.29, 0.717) is 0 Å². The second-order valence-corrected chi connectivity index (χ2v) is 6.51. The molecular weight excluding hydrogens is 294 g/mol. The molecule has 0 saturated carbocycles. The monoisotopic (exact) mass is 307 g/mol. The fraction of sp³-hybridized carbons (Fsp3) is 0.400. The number of hydrogen-bond acceptors (Lipinski definition) is 6. The van der Waals surface area contributed by atoms with E-state index in [2.05, 4.69) is 4.74 Å². The molecule has 0 aromatic carbocycles. The van der Waals surface area contributed by atoms with E-state index >= 15 is 0 Å². The molecule has 1 heterocycles. The number of rotatable bonds is 6. The van der Waals surface area contributed by atoms with Crippen molar-refractivity contribution in [1.29, 1.82) is 0 Å². The van der Waals surface area contributed by atoms with Crippen LogP contribution in [0, 0.1) is 0 Å². The summed E-state index contributed by atoms with van der Waals surface area (Å²) in [6, 6.07) is 1.30. The van der Waals surface area contributed by atoms with E-state index in [-0.39, 0.29) is 22.7 Å². The maximum Gasteiger partial charge on any atom is 0.349 e. The van der Waals surface area contributed by atoms with Gasteiger partial charge in [-0.25, -0.2) is 17.5 Å². The number of carboxylic acids is 1. The van der Waals surface area contributed by atoms with E-state index < -0.39 is 22.0 Å². The maximum absolute atomic E-state index is 12.2. The molecule has 1 rings (SSSR count). The average Bonchev–Trinajstić information content (AvgIpc) is 2.84. The molecule has 0 aliphatic heterocycles. The number of esters is 1. The topological polar surface area (TPSA) is 101 Å². The molecule has 106 valence electrons. The zero-order chi connectivity index (χ0) is 14.6. The normalized spacial score (nSPS) is 11.5. The molecule has 0 aliphatic carbocycles. The standard InChI is InChI=1S/C10H13NO6S2/c1-11(5-3-8(12)13)19(15,16)7-4-6-18-9(7)10(14)17-2/h4,6H,3,5H2,1-2H3,(H,12,13). The Morgan fingerprint density at radius 3 is 2.63 bits per heavy atom. The van der Waals surface area contributed by atoms with E-state index in [1.807, 2.05) is 0 Å². The fourth-order valence-corrected chi connectivity index (χ4v) is 3.76. The lowest BCUT2D eigenvalue weighted by Crippen LogP contribution is -2.30. The highest BCUT2D eigenvalue weighted by molar-refractivity contribution is 7.89. The fourth-order valence-electron chi connectivity index (χ4n) is 1.28. The zero-order valence-corrected chi connectivity index (χ0v) is 12.0. The molecule has 0 spiro atoms. The summed E-state index contributed by atoms with van der Waals surface area (Å²) in [6.45, 7) is -0.172. The summed E-state index contributed by atoms with van der Waals surface area (Å²) in [5.41, 5.74) is 0. The van der Waals surface area contributed by atoms with Gasteiger partial charge in [0.05, 0.1) is 13.5 Å². The van der Waals surface area contributed by atoms with Crippen LogP contribution in [-0.2, 0) is 19.6 Å². The minimum absolute atomic E-state index is 0.0234. The number of ether oxygens (including phenoxy) is 1. The minimum Gasteiger partial charge on any atom is -0.481 e. The van der Waals surface area contributed by atoms with Gasteiger partial charge in [-0.2, -0.15) is 0 Å². The number of methoxy groups -OCH3 is 1. The van der Waals surface area contributed by atoms with Crippen LogP contribution >= 0.6 is 11.3 Å². The Morgan fingerprint density at radius 2 is 2.11 bits per heavy atom. The second-order valence-electron chi connectivity index (χ2n) is 3.58. The molecule has 1 N–H and O–H groups in total. The van der Waals surface area contributed by atoms with Gasteiger partial charge >= 0.3 is 11.9 Å². The van der Waals surface area contributed by atoms with Gasteiger partial charge in [0, 0.05) is 13.6 Å². The third kappa shape index (κ3) is 3.52. The third-order valence-corrected chi connectivity index (χ3v) is 5.25. The number of carbonyl (C=O) groups excluding carboxylic acids is 1. The van der Waals surface area contributed by atoms with Crippen molar-refractivity contribution in [2.45, 2.75) is 11.3 Å². The zero-order valence-electron chi connectivity index (χ0n) is 10.3. The highest BCUT2D eigenvalue weighted by atomic mass is 32.2. The molecular formula is C10H13NO6S2. The number of nitrogens with zero attached hydrogens (tertiary/aromatic N) is 1. The van der Waals surface area contributed by atoms with Crippen LogP contribution in [0.4, 0.5) is 0 Å². The third-order valence-electron chi connectivity index (χ3n) is 2.33. The Morgan fingerprint density at radius 1 is 1.47 bits per heavy atom. The van der Waals surface area contributed by atoms with Gasteiger partial charge in [0.25, 0.3) is 0 Å². The van der Waals surface area contributed by atoms with Gasteiger partial charge in [0.15, 0.2) is 0 Å². The smallest absolute Gasteiger partial charge is 0.349 e. The molecule has 1 aromatic heterocycles. The molecule has 1 aromatic rings. The summed E-state index contributed by atoms with van der Waals surface area (Å²) in [4.78, 5) is 21.7. The molecule has 0 saturated heterocycles. The summed E-state index contributed by atoms with van der Waals surface area (Å²) in [6.07, 6.45) is -0.312. The van der Waals surface area contributed by atoms with Crippen molar-refractivity contribution < 1.29 is 27.9 Å². The number of hydrogen-bond donors (Lipinski definition) is 1. The Hall–Kier alpha value is -1.45. The quantitative estimate of drug-likeness (QED) is 0.774. The van der Waals surface area contributed by atoms with Crippen LogP contribution in [0.5, 0.6) is 0 Å². The Labute approximate surface area is 114 Å². The maximum atomic E-state index is 12.2. The summed E-state index contributed by atoms with van der Waals surface area (Å²) >= 11 is 0.954. The van der Waals surface area contributed by atoms with Gasteiger partial charge in [-0.05, 0) is 11.4 Å². The summed E-state index contributed by atoms with van der Waals surface area (Å²) in [5, 5.41) is 10.0. The van der Waals surface area contributed by atoms with E-state index in [1.54, 1.807) is 0 Å². The number of carbonyl (C=O) groups is 2. The first-order valence-electron chi connectivity index (χ1n) is 5.14. The lowest BCUT2D eigenvalue weighted by Gasteiger charge is -2.15. The van der Waals surface area contributed by atoms with Crippen LogP contribution in [0.1, 0.15) is 16.1 Å². The van der Waals surface area contributed by atoms with Crippen molar-refractivity contribution in [1.82, 2.24) is 4.31 Å². The van der Waals surface area contributed by atoms with Gasteiger partial charge in [-0.1, -0.05) is 0 Å². The molecule has 0 atom stereocenters. The molecule has 0 unspecified atom stereocenters. The van der Waals surface area contributed by atoms with Crippen LogP contribution < -0.4 is 0 Å². The van der Waals surface area contributed by atoms with Crippen molar-refractivity contribution in [2.75, 3.05) is 20.7 Å². The molecule has 0 aliphatic rings. The molecule has 0 radical (unpaired) electrons. The van der Waals surface area contributed by atoms with E-state index in [4.69, 9.17) is 5.11 Å². The molecule has 7 nitrogen and oxygen atoms in total. The minimum atomic E-state index is -3.90. The Kier molecular flexibility index (Phi) is 5.04. The number of sulfonamides is 1. The molecule has 19 heavy (non-hydrogen) atoms. The van der Waals surface area contributed by atoms with Crippen LogP contribution in [0.25, 0.3) is 0 Å². The predicted molar refractivity (Wildman–Crippen MR) is 67.7 cm³/mol. The van der Waals surface area contributed by atoms with Gasteiger partial charge in [-0.3, -0.25) is 4.79 Å². The first-order valence-corrected chi connectivity index (χ1v) is 7.46. The van der Waals surface area contributed by atoms with Gasteiger partial charge in [-0.15, -0.1) is 11.3 Å². The molecule has 0 fully saturated rings. The van der Waals surface area contributed by atoms with Crippen LogP contribution in [0.15, 0.2) is 16.3 Å². The summed E-state index contributed by atoms with van der Waals surface area (Å²) < 4.78 is 29.8. The lowest BCUT2D eigenvalue weighted by molar-refractivity contribution is -0.137. The van der Waals surface area contributed by atoms with Gasteiger partial charge in [0.1, 0.15) is 9.77 Å². The van der Waals surface area contributed by atoms with Crippen molar-refractivity contribution in [3.63, 3.8) is 0 Å². The SMILES string of the molecule is COC(=O)c1sccc1S(=O)(=O)N(C)CCC(=O)O. The van der Waals surface area contributed by atoms with Crippen molar-refractivity contribution in [2.24, 2.45) is 0 Å². The van der Waals surface area contributed by atoms with Crippen LogP contribution in [-0.4, -0.2) is 50.5 Å².